The summed E-state index contributed by atoms with van der Waals surface area (Å²) in [5, 5.41) is 8.24. The smallest absolute Gasteiger partial charge is 0.391 e. The number of benzene rings is 1. The maximum absolute atomic E-state index is 13.7. The molecular weight excluding hydrogens is 593 g/mol. The lowest BCUT2D eigenvalue weighted by Gasteiger charge is -2.32. The van der Waals surface area contributed by atoms with E-state index in [1.54, 1.807) is 36.1 Å². The van der Waals surface area contributed by atoms with E-state index in [-0.39, 0.29) is 44.7 Å². The van der Waals surface area contributed by atoms with Crippen LogP contribution in [0.15, 0.2) is 24.3 Å². The third-order valence-corrected chi connectivity index (χ3v) is 9.20. The molecule has 3 fully saturated rings. The number of amides is 3. The van der Waals surface area contributed by atoms with Crippen LogP contribution in [0.4, 0.5) is 13.2 Å². The minimum atomic E-state index is -4.25. The Balaban J connectivity index is 1.39. The van der Waals surface area contributed by atoms with Gasteiger partial charge in [-0.2, -0.15) is 13.2 Å². The molecule has 3 N–H and O–H groups in total. The van der Waals surface area contributed by atoms with E-state index in [0.29, 0.717) is 24.7 Å². The molecule has 1 saturated carbocycles. The highest BCUT2D eigenvalue weighted by Crippen LogP contribution is 2.35. The third-order valence-electron chi connectivity index (χ3n) is 9.20. The van der Waals surface area contributed by atoms with Crippen LogP contribution in [0.2, 0.25) is 0 Å². The Bertz CT molecular complexity index is 1190. The highest BCUT2D eigenvalue weighted by Gasteiger charge is 2.50. The quantitative estimate of drug-likeness (QED) is 0.267. The van der Waals surface area contributed by atoms with E-state index in [4.69, 9.17) is 9.47 Å². The zero-order valence-electron chi connectivity index (χ0n) is 26.2. The number of ether oxygens (including phenoxy) is 2. The van der Waals surface area contributed by atoms with Gasteiger partial charge in [0.2, 0.25) is 17.7 Å². The number of nitrogens with zero attached hydrogens (tertiary/aromatic N) is 1. The van der Waals surface area contributed by atoms with E-state index in [0.717, 1.165) is 31.2 Å². The van der Waals surface area contributed by atoms with E-state index < -0.39 is 53.5 Å². The van der Waals surface area contributed by atoms with Gasteiger partial charge in [0.1, 0.15) is 23.4 Å². The number of hydrogen-bond donors (Lipinski definition) is 3. The van der Waals surface area contributed by atoms with Crippen LogP contribution in [0.3, 0.4) is 0 Å². The molecule has 2 heterocycles. The molecule has 4 atom stereocenters. The van der Waals surface area contributed by atoms with Gasteiger partial charge in [0.25, 0.3) is 0 Å². The number of piperidine rings is 1. The highest BCUT2D eigenvalue weighted by molar-refractivity contribution is 5.98. The van der Waals surface area contributed by atoms with Crippen LogP contribution in [-0.2, 0) is 30.3 Å². The van der Waals surface area contributed by atoms with Crippen LogP contribution in [-0.4, -0.2) is 91.7 Å². The van der Waals surface area contributed by atoms with Gasteiger partial charge < -0.3 is 25.4 Å². The third kappa shape index (κ3) is 9.90. The SMILES string of the molecule is COc1ccc(CC(NC(=O)C(C)NC(=O)CN2CCC(C(F)(F)F)CC2)C(=O)NC(CC2CCCC2)C(=O)C2(C)CO2)cc1. The maximum atomic E-state index is 13.7. The number of likely N-dealkylation sites (tertiary alicyclic amines) is 1. The van der Waals surface area contributed by atoms with E-state index in [1.807, 2.05) is 0 Å². The minimum absolute atomic E-state index is 0.0789. The second kappa shape index (κ2) is 14.9. The number of rotatable bonds is 14. The maximum Gasteiger partial charge on any atom is 0.391 e. The first-order chi connectivity index (χ1) is 21.3. The number of nitrogens with one attached hydrogen (secondary N) is 3. The van der Waals surface area contributed by atoms with Crippen LogP contribution in [0, 0.1) is 11.8 Å². The van der Waals surface area contributed by atoms with E-state index >= 15 is 0 Å². The summed E-state index contributed by atoms with van der Waals surface area (Å²) < 4.78 is 49.6. The number of carbonyl (C=O) groups excluding carboxylic acids is 4. The Morgan fingerprint density at radius 2 is 1.58 bits per heavy atom. The summed E-state index contributed by atoms with van der Waals surface area (Å²) in [6, 6.07) is 4.19. The second-order valence-corrected chi connectivity index (χ2v) is 12.8. The molecule has 0 radical (unpaired) electrons. The van der Waals surface area contributed by atoms with Gasteiger partial charge in [-0.15, -0.1) is 0 Å². The molecule has 45 heavy (non-hydrogen) atoms. The van der Waals surface area contributed by atoms with E-state index in [9.17, 15) is 32.3 Å². The van der Waals surface area contributed by atoms with Crippen LogP contribution >= 0.6 is 0 Å². The number of carbonyl (C=O) groups is 4. The summed E-state index contributed by atoms with van der Waals surface area (Å²) in [4.78, 5) is 54.6. The van der Waals surface area contributed by atoms with Crippen LogP contribution in [0.1, 0.15) is 64.4 Å². The molecule has 0 aromatic heterocycles. The molecule has 0 spiro atoms. The van der Waals surface area contributed by atoms with Crippen molar-refractivity contribution in [1.82, 2.24) is 20.9 Å². The molecule has 13 heteroatoms. The zero-order chi connectivity index (χ0) is 32.8. The van der Waals surface area contributed by atoms with Gasteiger partial charge in [-0.05, 0) is 69.8 Å². The summed E-state index contributed by atoms with van der Waals surface area (Å²) in [6.07, 6.45) is 0.352. The Labute approximate surface area is 262 Å². The van der Waals surface area contributed by atoms with Gasteiger partial charge in [-0.25, -0.2) is 0 Å². The number of halogens is 3. The molecule has 250 valence electrons. The predicted molar refractivity (Wildman–Crippen MR) is 159 cm³/mol. The number of methoxy groups -OCH3 is 1. The van der Waals surface area contributed by atoms with Gasteiger partial charge >= 0.3 is 6.18 Å². The molecule has 2 aliphatic heterocycles. The topological polar surface area (TPSA) is 129 Å². The molecular formula is C32H45F3N4O6. The molecule has 3 amide bonds. The molecule has 1 aliphatic carbocycles. The first-order valence-corrected chi connectivity index (χ1v) is 15.8. The summed E-state index contributed by atoms with van der Waals surface area (Å²) >= 11 is 0. The number of Topliss-reactive ketones (excluding diaryl/α,β-unsaturated/α-hetero) is 1. The zero-order valence-corrected chi connectivity index (χ0v) is 26.2. The molecule has 2 saturated heterocycles. The van der Waals surface area contributed by atoms with Crippen molar-refractivity contribution in [2.75, 3.05) is 33.4 Å². The number of ketones is 1. The Hall–Kier alpha value is -3.19. The van der Waals surface area contributed by atoms with Crippen molar-refractivity contribution in [3.05, 3.63) is 29.8 Å². The fourth-order valence-electron chi connectivity index (χ4n) is 6.18. The Morgan fingerprint density at radius 3 is 2.13 bits per heavy atom. The van der Waals surface area contributed by atoms with Gasteiger partial charge in [0.15, 0.2) is 5.78 Å². The van der Waals surface area contributed by atoms with Crippen LogP contribution in [0.25, 0.3) is 0 Å². The van der Waals surface area contributed by atoms with Crippen LogP contribution in [0.5, 0.6) is 5.75 Å². The largest absolute Gasteiger partial charge is 0.497 e. The normalized spacial score (nSPS) is 23.1. The molecule has 4 rings (SSSR count). The van der Waals surface area contributed by atoms with Gasteiger partial charge in [-0.1, -0.05) is 37.8 Å². The van der Waals surface area contributed by atoms with Crippen molar-refractivity contribution < 1.29 is 41.8 Å². The molecule has 1 aromatic rings. The van der Waals surface area contributed by atoms with Gasteiger partial charge in [-0.3, -0.25) is 24.1 Å². The van der Waals surface area contributed by atoms with Crippen molar-refractivity contribution in [2.45, 2.75) is 95.1 Å². The molecule has 0 bridgehead atoms. The minimum Gasteiger partial charge on any atom is -0.497 e. The molecule has 10 nitrogen and oxygen atoms in total. The molecule has 3 aliphatic rings. The lowest BCUT2D eigenvalue weighted by molar-refractivity contribution is -0.185. The first kappa shape index (κ1) is 34.7. The van der Waals surface area contributed by atoms with Crippen molar-refractivity contribution in [3.63, 3.8) is 0 Å². The molecule has 4 unspecified atom stereocenters. The molecule has 1 aromatic carbocycles. The van der Waals surface area contributed by atoms with Crippen molar-refractivity contribution in [2.24, 2.45) is 11.8 Å². The number of alkyl halides is 3. The Kier molecular flexibility index (Phi) is 11.5. The summed E-state index contributed by atoms with van der Waals surface area (Å²) in [6.45, 7) is 3.61. The van der Waals surface area contributed by atoms with Crippen LogP contribution < -0.4 is 20.7 Å². The highest BCUT2D eigenvalue weighted by atomic mass is 19.4. The number of hydrogen-bond acceptors (Lipinski definition) is 7. The fraction of sp³-hybridized carbons (Fsp3) is 0.688. The summed E-state index contributed by atoms with van der Waals surface area (Å²) in [5.41, 5.74) is -0.183. The van der Waals surface area contributed by atoms with Gasteiger partial charge in [0.05, 0.1) is 32.2 Å². The first-order valence-electron chi connectivity index (χ1n) is 15.8. The standard InChI is InChI=1S/C32H45F3N4O6/c1-20(36-27(40)18-39-14-12-23(13-15-39)32(33,34)35)29(42)38-26(17-22-8-10-24(44-3)11-9-22)30(43)37-25(16-21-6-4-5-7-21)28(41)31(2)19-45-31/h8-11,20-21,23,25-26H,4-7,12-19H2,1-3H3,(H,36,40)(H,37,43)(H,38,42). The van der Waals surface area contributed by atoms with Crippen molar-refractivity contribution >= 4 is 23.5 Å². The Morgan fingerprint density at radius 1 is 0.978 bits per heavy atom. The fourth-order valence-corrected chi connectivity index (χ4v) is 6.18. The lowest BCUT2D eigenvalue weighted by Crippen LogP contribution is -2.57. The number of epoxide rings is 1. The average molecular weight is 639 g/mol. The van der Waals surface area contributed by atoms with Crippen molar-refractivity contribution in [3.8, 4) is 5.75 Å². The van der Waals surface area contributed by atoms with Gasteiger partial charge in [0, 0.05) is 6.42 Å². The predicted octanol–water partition coefficient (Wildman–Crippen LogP) is 2.92. The lowest BCUT2D eigenvalue weighted by atomic mass is 9.90. The van der Waals surface area contributed by atoms with E-state index in [2.05, 4.69) is 16.0 Å². The van der Waals surface area contributed by atoms with Crippen molar-refractivity contribution in [1.29, 1.82) is 0 Å². The monoisotopic (exact) mass is 638 g/mol. The van der Waals surface area contributed by atoms with E-state index in [1.165, 1.54) is 14.0 Å². The second-order valence-electron chi connectivity index (χ2n) is 12.8. The average Bonchev–Trinajstić information content (AvgIpc) is 3.54. The summed E-state index contributed by atoms with van der Waals surface area (Å²) in [5.74, 6) is -2.25. The summed E-state index contributed by atoms with van der Waals surface area (Å²) in [7, 11) is 1.54.